The first-order valence-corrected chi connectivity index (χ1v) is 4.02. The maximum absolute atomic E-state index is 12.4. The van der Waals surface area contributed by atoms with E-state index in [4.69, 9.17) is 11.6 Å². The number of methoxy groups -OCH3 is 1. The normalized spacial score (nSPS) is 10.5. The highest BCUT2D eigenvalue weighted by molar-refractivity contribution is 6.32. The van der Waals surface area contributed by atoms with Crippen molar-refractivity contribution in [3.63, 3.8) is 0 Å². The Bertz CT molecular complexity index is 400. The van der Waals surface area contributed by atoms with Gasteiger partial charge in [-0.15, -0.1) is 0 Å². The maximum Gasteiger partial charge on any atom is 0.386 e. The molecule has 1 aromatic heterocycles. The zero-order valence-corrected chi connectivity index (χ0v) is 8.16. The molecule has 1 aromatic rings. The predicted molar refractivity (Wildman–Crippen MR) is 47.4 cm³/mol. The third kappa shape index (κ3) is 2.30. The van der Waals surface area contributed by atoms with Crippen molar-refractivity contribution in [2.75, 3.05) is 7.11 Å². The van der Waals surface area contributed by atoms with Crippen LogP contribution >= 0.6 is 11.6 Å². The molecule has 0 saturated carbocycles. The van der Waals surface area contributed by atoms with Crippen LogP contribution in [0.15, 0.2) is 6.07 Å². The molecule has 8 heteroatoms. The van der Waals surface area contributed by atoms with E-state index in [9.17, 15) is 18.9 Å². The summed E-state index contributed by atoms with van der Waals surface area (Å²) in [5, 5.41) is 9.94. The smallest absolute Gasteiger partial charge is 0.386 e. The number of ether oxygens (including phenoxy) is 1. The molecule has 0 fully saturated rings. The summed E-state index contributed by atoms with van der Waals surface area (Å²) in [7, 11) is 1.09. The third-order valence-electron chi connectivity index (χ3n) is 1.55. The van der Waals surface area contributed by atoms with Gasteiger partial charge >= 0.3 is 11.7 Å². The number of aromatic nitrogens is 1. The van der Waals surface area contributed by atoms with Gasteiger partial charge in [0.1, 0.15) is 10.6 Å². The SMILES string of the molecule is COc1nc([N+](=O)[O-])c(Cl)cc1C(F)F. The molecule has 5 nitrogen and oxygen atoms in total. The summed E-state index contributed by atoms with van der Waals surface area (Å²) in [6.07, 6.45) is -2.86. The van der Waals surface area contributed by atoms with E-state index in [1.807, 2.05) is 0 Å². The van der Waals surface area contributed by atoms with Crippen molar-refractivity contribution in [2.45, 2.75) is 6.43 Å². The van der Waals surface area contributed by atoms with Crippen LogP contribution in [0.1, 0.15) is 12.0 Å². The lowest BCUT2D eigenvalue weighted by atomic mass is 10.3. The van der Waals surface area contributed by atoms with Gasteiger partial charge in [0.15, 0.2) is 0 Å². The fourth-order valence-corrected chi connectivity index (χ4v) is 1.15. The monoisotopic (exact) mass is 238 g/mol. The Morgan fingerprint density at radius 3 is 2.67 bits per heavy atom. The summed E-state index contributed by atoms with van der Waals surface area (Å²) in [6, 6.07) is 0.774. The molecule has 0 aliphatic rings. The first kappa shape index (κ1) is 11.6. The van der Waals surface area contributed by atoms with E-state index >= 15 is 0 Å². The molecule has 0 N–H and O–H groups in total. The van der Waals surface area contributed by atoms with Crippen LogP contribution in [0, 0.1) is 10.1 Å². The van der Waals surface area contributed by atoms with Gasteiger partial charge in [-0.3, -0.25) is 0 Å². The van der Waals surface area contributed by atoms with Crippen molar-refractivity contribution in [2.24, 2.45) is 0 Å². The van der Waals surface area contributed by atoms with E-state index in [0.717, 1.165) is 13.2 Å². The van der Waals surface area contributed by atoms with Crippen molar-refractivity contribution in [1.82, 2.24) is 4.98 Å². The van der Waals surface area contributed by atoms with E-state index in [-0.39, 0.29) is 0 Å². The van der Waals surface area contributed by atoms with E-state index in [1.54, 1.807) is 0 Å². The first-order valence-electron chi connectivity index (χ1n) is 3.64. The summed E-state index contributed by atoms with van der Waals surface area (Å²) in [6.45, 7) is 0. The van der Waals surface area contributed by atoms with Gasteiger partial charge in [0.05, 0.1) is 7.11 Å². The molecule has 0 unspecified atom stereocenters. The van der Waals surface area contributed by atoms with E-state index in [1.165, 1.54) is 0 Å². The largest absolute Gasteiger partial charge is 0.462 e. The Morgan fingerprint density at radius 1 is 1.67 bits per heavy atom. The van der Waals surface area contributed by atoms with Crippen molar-refractivity contribution in [3.8, 4) is 5.88 Å². The lowest BCUT2D eigenvalue weighted by Crippen LogP contribution is -2.00. The Kier molecular flexibility index (Phi) is 3.35. The lowest BCUT2D eigenvalue weighted by molar-refractivity contribution is -0.389. The average Bonchev–Trinajstić information content (AvgIpc) is 2.16. The van der Waals surface area contributed by atoms with Crippen LogP contribution in [0.5, 0.6) is 5.88 Å². The van der Waals surface area contributed by atoms with Crippen LogP contribution in [0.25, 0.3) is 0 Å². The maximum atomic E-state index is 12.4. The molecular formula is C7H5ClF2N2O3. The molecule has 15 heavy (non-hydrogen) atoms. The van der Waals surface area contributed by atoms with Gasteiger partial charge in [0.25, 0.3) is 6.43 Å². The van der Waals surface area contributed by atoms with Gasteiger partial charge in [0, 0.05) is 4.98 Å². The fraction of sp³-hybridized carbons (Fsp3) is 0.286. The Labute approximate surface area is 87.8 Å². The van der Waals surface area contributed by atoms with Crippen LogP contribution in [-0.2, 0) is 0 Å². The fourth-order valence-electron chi connectivity index (χ4n) is 0.925. The zero-order chi connectivity index (χ0) is 11.6. The third-order valence-corrected chi connectivity index (χ3v) is 1.83. The summed E-state index contributed by atoms with van der Waals surface area (Å²) < 4.78 is 29.3. The van der Waals surface area contributed by atoms with Gasteiger partial charge in [-0.2, -0.15) is 0 Å². The van der Waals surface area contributed by atoms with Crippen LogP contribution in [0.2, 0.25) is 5.02 Å². The molecule has 0 saturated heterocycles. The number of alkyl halides is 2. The molecule has 0 spiro atoms. The molecule has 0 aliphatic carbocycles. The molecule has 0 aliphatic heterocycles. The number of hydrogen-bond donors (Lipinski definition) is 0. The van der Waals surface area contributed by atoms with E-state index < -0.39 is 33.6 Å². The van der Waals surface area contributed by atoms with Crippen molar-refractivity contribution < 1.29 is 18.4 Å². The Morgan fingerprint density at radius 2 is 2.27 bits per heavy atom. The second-order valence-electron chi connectivity index (χ2n) is 2.45. The molecule has 0 bridgehead atoms. The minimum atomic E-state index is -2.86. The number of nitrogens with zero attached hydrogens (tertiary/aromatic N) is 2. The Balaban J connectivity index is 3.35. The first-order chi connectivity index (χ1) is 6.97. The topological polar surface area (TPSA) is 65.3 Å². The summed E-state index contributed by atoms with van der Waals surface area (Å²) in [5.41, 5.74) is -0.576. The minimum absolute atomic E-state index is 0.448. The van der Waals surface area contributed by atoms with Crippen molar-refractivity contribution in [1.29, 1.82) is 0 Å². The second kappa shape index (κ2) is 4.35. The summed E-state index contributed by atoms with van der Waals surface area (Å²) >= 11 is 5.40. The highest BCUT2D eigenvalue weighted by Crippen LogP contribution is 2.33. The molecule has 0 radical (unpaired) electrons. The second-order valence-corrected chi connectivity index (χ2v) is 2.86. The summed E-state index contributed by atoms with van der Waals surface area (Å²) in [4.78, 5) is 12.8. The van der Waals surface area contributed by atoms with Gasteiger partial charge in [-0.05, 0) is 11.0 Å². The molecule has 1 heterocycles. The molecule has 1 rings (SSSR count). The van der Waals surface area contributed by atoms with Crippen LogP contribution in [0.3, 0.4) is 0 Å². The predicted octanol–water partition coefficient (Wildman–Crippen LogP) is 2.59. The van der Waals surface area contributed by atoms with E-state index in [0.29, 0.717) is 0 Å². The van der Waals surface area contributed by atoms with Gasteiger partial charge in [0.2, 0.25) is 0 Å². The molecule has 0 atom stereocenters. The number of nitro groups is 1. The molecule has 0 amide bonds. The Hall–Kier alpha value is -1.50. The lowest BCUT2D eigenvalue weighted by Gasteiger charge is -2.03. The summed E-state index contributed by atoms with van der Waals surface area (Å²) in [5.74, 6) is -1.21. The van der Waals surface area contributed by atoms with E-state index in [2.05, 4.69) is 9.72 Å². The average molecular weight is 239 g/mol. The van der Waals surface area contributed by atoms with Gasteiger partial charge < -0.3 is 14.9 Å². The molecule has 82 valence electrons. The highest BCUT2D eigenvalue weighted by atomic mass is 35.5. The zero-order valence-electron chi connectivity index (χ0n) is 7.41. The quantitative estimate of drug-likeness (QED) is 0.600. The number of rotatable bonds is 3. The van der Waals surface area contributed by atoms with Crippen LogP contribution in [0.4, 0.5) is 14.6 Å². The van der Waals surface area contributed by atoms with Crippen LogP contribution < -0.4 is 4.74 Å². The standard InChI is InChI=1S/C7H5ClF2N2O3/c1-15-7-3(5(9)10)2-4(8)6(11-7)12(13)14/h2,5H,1H3. The number of hydrogen-bond acceptors (Lipinski definition) is 4. The highest BCUT2D eigenvalue weighted by Gasteiger charge is 2.26. The van der Waals surface area contributed by atoms with Crippen molar-refractivity contribution >= 4 is 17.4 Å². The number of halogens is 3. The number of pyridine rings is 1. The molecule has 0 aromatic carbocycles. The van der Waals surface area contributed by atoms with Gasteiger partial charge in [-0.1, -0.05) is 11.6 Å². The minimum Gasteiger partial charge on any atom is -0.462 e. The van der Waals surface area contributed by atoms with Crippen molar-refractivity contribution in [3.05, 3.63) is 26.8 Å². The van der Waals surface area contributed by atoms with Gasteiger partial charge in [-0.25, -0.2) is 8.78 Å². The van der Waals surface area contributed by atoms with Crippen LogP contribution in [-0.4, -0.2) is 17.0 Å². The molecular weight excluding hydrogens is 234 g/mol.